The predicted molar refractivity (Wildman–Crippen MR) is 119 cm³/mol. The number of amides is 1. The minimum Gasteiger partial charge on any atom is -0.328 e. The third-order valence-electron chi connectivity index (χ3n) is 5.50. The van der Waals surface area contributed by atoms with Crippen molar-refractivity contribution >= 4 is 15.1 Å². The predicted octanol–water partition coefficient (Wildman–Crippen LogP) is 4.47. The van der Waals surface area contributed by atoms with Gasteiger partial charge in [-0.1, -0.05) is 78.9 Å². The van der Waals surface area contributed by atoms with Gasteiger partial charge in [0.15, 0.2) is 0 Å². The van der Waals surface area contributed by atoms with E-state index in [0.29, 0.717) is 6.54 Å². The van der Waals surface area contributed by atoms with E-state index >= 15 is 0 Å². The molecule has 1 amide bonds. The summed E-state index contributed by atoms with van der Waals surface area (Å²) in [6, 6.07) is 19.1. The van der Waals surface area contributed by atoms with Crippen LogP contribution in [0.1, 0.15) is 17.9 Å². The highest BCUT2D eigenvalue weighted by Crippen LogP contribution is 2.35. The zero-order valence-electron chi connectivity index (χ0n) is 16.0. The standard InChI is InChI=1S/C24H25N2OP/c1-26-22(27)16-25-24(26)23(19-8-5-9-21(28)15-14-19)20-12-10-18(11-13-20)17-6-3-2-4-7-17/h2-4,6-15,23-25H,5,16,28H2,1H3/t23-,24?/m1/s1. The summed E-state index contributed by atoms with van der Waals surface area (Å²) >= 11 is 0. The first-order valence-corrected chi connectivity index (χ1v) is 10.2. The van der Waals surface area contributed by atoms with E-state index < -0.39 is 0 Å². The molecule has 2 unspecified atom stereocenters. The molecule has 1 aliphatic heterocycles. The first kappa shape index (κ1) is 18.9. The van der Waals surface area contributed by atoms with Crippen LogP contribution in [0.3, 0.4) is 0 Å². The lowest BCUT2D eigenvalue weighted by Crippen LogP contribution is -2.40. The number of benzene rings is 2. The summed E-state index contributed by atoms with van der Waals surface area (Å²) in [5.74, 6) is 0.223. The Morgan fingerprint density at radius 2 is 1.71 bits per heavy atom. The molecule has 3 atom stereocenters. The number of hydrogen-bond acceptors (Lipinski definition) is 2. The van der Waals surface area contributed by atoms with E-state index in [0.717, 1.165) is 6.42 Å². The van der Waals surface area contributed by atoms with Crippen LogP contribution in [0.2, 0.25) is 0 Å². The summed E-state index contributed by atoms with van der Waals surface area (Å²) in [6.45, 7) is 0.393. The third kappa shape index (κ3) is 3.87. The lowest BCUT2D eigenvalue weighted by atomic mass is 9.86. The average molecular weight is 388 g/mol. The van der Waals surface area contributed by atoms with Crippen molar-refractivity contribution in [3.05, 3.63) is 95.4 Å². The Bertz CT molecular complexity index is 944. The van der Waals surface area contributed by atoms with Crippen LogP contribution in [0.25, 0.3) is 11.1 Å². The summed E-state index contributed by atoms with van der Waals surface area (Å²) in [6.07, 6.45) is 9.62. The Morgan fingerprint density at radius 3 is 2.39 bits per heavy atom. The molecule has 1 N–H and O–H groups in total. The molecule has 0 aromatic heterocycles. The van der Waals surface area contributed by atoms with Crippen molar-refractivity contribution in [2.45, 2.75) is 18.5 Å². The molecule has 4 rings (SSSR count). The molecule has 2 aliphatic rings. The fourth-order valence-electron chi connectivity index (χ4n) is 3.91. The number of nitrogens with one attached hydrogen (secondary N) is 1. The van der Waals surface area contributed by atoms with Crippen molar-refractivity contribution in [2.75, 3.05) is 13.6 Å². The smallest absolute Gasteiger partial charge is 0.237 e. The minimum atomic E-state index is -0.0444. The van der Waals surface area contributed by atoms with Gasteiger partial charge in [-0.2, -0.15) is 0 Å². The van der Waals surface area contributed by atoms with Crippen LogP contribution in [0.15, 0.2) is 89.8 Å². The number of rotatable bonds is 4. The lowest BCUT2D eigenvalue weighted by Gasteiger charge is -2.30. The minimum absolute atomic E-state index is 0.0444. The first-order chi connectivity index (χ1) is 13.6. The third-order valence-corrected chi connectivity index (χ3v) is 5.93. The van der Waals surface area contributed by atoms with E-state index in [4.69, 9.17) is 0 Å². The topological polar surface area (TPSA) is 32.3 Å². The van der Waals surface area contributed by atoms with Crippen molar-refractivity contribution < 1.29 is 4.79 Å². The first-order valence-electron chi connectivity index (χ1n) is 9.61. The quantitative estimate of drug-likeness (QED) is 0.784. The van der Waals surface area contributed by atoms with Gasteiger partial charge < -0.3 is 4.90 Å². The summed E-state index contributed by atoms with van der Waals surface area (Å²) in [4.78, 5) is 14.0. The second kappa shape index (κ2) is 8.26. The number of carbonyl (C=O) groups excluding carboxylic acids is 1. The molecule has 1 fully saturated rings. The molecule has 0 bridgehead atoms. The van der Waals surface area contributed by atoms with E-state index in [1.807, 2.05) is 18.0 Å². The van der Waals surface area contributed by atoms with E-state index in [-0.39, 0.29) is 18.0 Å². The van der Waals surface area contributed by atoms with Crippen molar-refractivity contribution in [3.63, 3.8) is 0 Å². The highest BCUT2D eigenvalue weighted by molar-refractivity contribution is 7.22. The van der Waals surface area contributed by atoms with Gasteiger partial charge in [0.1, 0.15) is 0 Å². The Balaban J connectivity index is 1.70. The largest absolute Gasteiger partial charge is 0.328 e. The maximum absolute atomic E-state index is 12.2. The van der Waals surface area contributed by atoms with Crippen LogP contribution in [0, 0.1) is 0 Å². The fourth-order valence-corrected chi connectivity index (χ4v) is 4.14. The van der Waals surface area contributed by atoms with Gasteiger partial charge in [-0.05, 0) is 34.0 Å². The Labute approximate surface area is 169 Å². The number of hydrogen-bond donors (Lipinski definition) is 1. The van der Waals surface area contributed by atoms with Gasteiger partial charge in [-0.25, -0.2) is 0 Å². The number of allylic oxidation sites excluding steroid dienone is 5. The Morgan fingerprint density at radius 1 is 1.00 bits per heavy atom. The average Bonchev–Trinajstić information content (AvgIpc) is 2.92. The van der Waals surface area contributed by atoms with Crippen LogP contribution in [-0.4, -0.2) is 30.6 Å². The van der Waals surface area contributed by atoms with Gasteiger partial charge in [0.25, 0.3) is 0 Å². The molecule has 1 saturated heterocycles. The molecule has 2 aromatic carbocycles. The van der Waals surface area contributed by atoms with Crippen LogP contribution in [0.4, 0.5) is 0 Å². The van der Waals surface area contributed by atoms with E-state index in [2.05, 4.69) is 87.4 Å². The molecule has 3 nitrogen and oxygen atoms in total. The monoisotopic (exact) mass is 388 g/mol. The van der Waals surface area contributed by atoms with Crippen molar-refractivity contribution in [1.82, 2.24) is 10.2 Å². The van der Waals surface area contributed by atoms with Crippen LogP contribution < -0.4 is 5.32 Å². The van der Waals surface area contributed by atoms with Gasteiger partial charge in [0.05, 0.1) is 12.7 Å². The van der Waals surface area contributed by atoms with Crippen LogP contribution in [-0.2, 0) is 4.79 Å². The molecule has 1 heterocycles. The lowest BCUT2D eigenvalue weighted by molar-refractivity contribution is -0.126. The second-order valence-corrected chi connectivity index (χ2v) is 7.94. The van der Waals surface area contributed by atoms with Crippen molar-refractivity contribution in [1.29, 1.82) is 0 Å². The van der Waals surface area contributed by atoms with Gasteiger partial charge in [-0.3, -0.25) is 10.1 Å². The van der Waals surface area contributed by atoms with E-state index in [9.17, 15) is 4.79 Å². The highest BCUT2D eigenvalue weighted by Gasteiger charge is 2.35. The Kier molecular flexibility index (Phi) is 5.57. The normalized spacial score (nSPS) is 20.6. The molecule has 142 valence electrons. The van der Waals surface area contributed by atoms with Gasteiger partial charge in [-0.15, -0.1) is 9.24 Å². The molecular weight excluding hydrogens is 363 g/mol. The molecule has 2 aromatic rings. The molecule has 1 aliphatic carbocycles. The molecular formula is C24H25N2OP. The molecule has 0 spiro atoms. The highest BCUT2D eigenvalue weighted by atomic mass is 31.0. The van der Waals surface area contributed by atoms with E-state index in [1.165, 1.54) is 27.6 Å². The maximum atomic E-state index is 12.2. The van der Waals surface area contributed by atoms with Crippen LogP contribution in [0.5, 0.6) is 0 Å². The summed E-state index contributed by atoms with van der Waals surface area (Å²) in [5.41, 5.74) is 4.86. The number of nitrogens with zero attached hydrogens (tertiary/aromatic N) is 1. The molecule has 28 heavy (non-hydrogen) atoms. The Hall–Kier alpha value is -2.48. The van der Waals surface area contributed by atoms with Gasteiger partial charge in [0.2, 0.25) is 5.91 Å². The number of likely N-dealkylation sites (N-methyl/N-ethyl adjacent to an activating group) is 1. The zero-order valence-corrected chi connectivity index (χ0v) is 17.2. The van der Waals surface area contributed by atoms with Crippen molar-refractivity contribution in [3.8, 4) is 11.1 Å². The SMILES string of the molecule is CN1C(=O)CNC1[C@H](C1=CCC=C(P)C=C1)c1ccc(-c2ccccc2)cc1. The van der Waals surface area contributed by atoms with E-state index in [1.54, 1.807) is 0 Å². The van der Waals surface area contributed by atoms with Crippen molar-refractivity contribution in [2.24, 2.45) is 0 Å². The van der Waals surface area contributed by atoms with Crippen LogP contribution >= 0.6 is 9.24 Å². The number of carbonyl (C=O) groups is 1. The fraction of sp³-hybridized carbons (Fsp3) is 0.208. The molecule has 0 radical (unpaired) electrons. The maximum Gasteiger partial charge on any atom is 0.237 e. The summed E-state index contributed by atoms with van der Waals surface area (Å²) in [5, 5.41) is 4.60. The summed E-state index contributed by atoms with van der Waals surface area (Å²) < 4.78 is 0. The molecule has 0 saturated carbocycles. The second-order valence-electron chi connectivity index (χ2n) is 7.27. The van der Waals surface area contributed by atoms with Gasteiger partial charge in [0, 0.05) is 13.0 Å². The van der Waals surface area contributed by atoms with Gasteiger partial charge >= 0.3 is 0 Å². The zero-order chi connectivity index (χ0) is 19.5. The summed E-state index contributed by atoms with van der Waals surface area (Å²) in [7, 11) is 4.66. The molecule has 4 heteroatoms.